The highest BCUT2D eigenvalue weighted by Gasteiger charge is 2.25. The van der Waals surface area contributed by atoms with Crippen molar-refractivity contribution in [3.63, 3.8) is 0 Å². The molecule has 5 heteroatoms. The van der Waals surface area contributed by atoms with E-state index in [1.54, 1.807) is 11.8 Å². The number of benzene rings is 5. The number of hydrogen-bond donors (Lipinski definition) is 0. The molecule has 0 fully saturated rings. The number of anilines is 3. The smallest absolute Gasteiger partial charge is 0.159 e. The highest BCUT2D eigenvalue weighted by Crippen LogP contribution is 2.52. The van der Waals surface area contributed by atoms with E-state index in [1.807, 2.05) is 66.7 Å². The Kier molecular flexibility index (Phi) is 4.76. The fourth-order valence-corrected chi connectivity index (χ4v) is 5.87. The van der Waals surface area contributed by atoms with Crippen molar-refractivity contribution in [3.8, 4) is 11.5 Å². The number of hydrogen-bond acceptors (Lipinski definition) is 4. The summed E-state index contributed by atoms with van der Waals surface area (Å²) in [4.78, 5) is 4.15. The molecule has 5 aromatic carbocycles. The maximum Gasteiger partial charge on any atom is 0.159 e. The van der Waals surface area contributed by atoms with Gasteiger partial charge in [0.05, 0.1) is 26.2 Å². The molecule has 1 aliphatic heterocycles. The molecule has 2 heterocycles. The summed E-state index contributed by atoms with van der Waals surface area (Å²) < 4.78 is 12.7. The number of ether oxygens (including phenoxy) is 1. The zero-order valence-corrected chi connectivity index (χ0v) is 20.0. The van der Waals surface area contributed by atoms with Gasteiger partial charge in [-0.1, -0.05) is 84.0 Å². The van der Waals surface area contributed by atoms with Gasteiger partial charge in [-0.25, -0.2) is 0 Å². The zero-order valence-electron chi connectivity index (χ0n) is 18.4. The molecule has 0 radical (unpaired) electrons. The molecule has 0 atom stereocenters. The van der Waals surface area contributed by atoms with E-state index in [1.165, 1.54) is 0 Å². The maximum absolute atomic E-state index is 6.86. The van der Waals surface area contributed by atoms with Crippen molar-refractivity contribution < 1.29 is 9.15 Å². The monoisotopic (exact) mass is 491 g/mol. The van der Waals surface area contributed by atoms with E-state index in [9.17, 15) is 0 Å². The van der Waals surface area contributed by atoms with Gasteiger partial charge in [0, 0.05) is 22.5 Å². The maximum atomic E-state index is 6.86. The SMILES string of the molecule is Clc1cc(N(c2ccccc2)c2cccc3c2oc2ccccc23)cc2c1Sc1ccccc1O2. The van der Waals surface area contributed by atoms with Gasteiger partial charge in [-0.05, 0) is 42.5 Å². The first-order chi connectivity index (χ1) is 17.3. The normalized spacial score (nSPS) is 12.3. The van der Waals surface area contributed by atoms with E-state index in [4.69, 9.17) is 20.8 Å². The van der Waals surface area contributed by atoms with E-state index in [0.29, 0.717) is 5.02 Å². The molecule has 168 valence electrons. The molecule has 1 aromatic heterocycles. The second-order valence-electron chi connectivity index (χ2n) is 8.33. The molecular formula is C30H18ClNO2S. The van der Waals surface area contributed by atoms with E-state index >= 15 is 0 Å². The summed E-state index contributed by atoms with van der Waals surface area (Å²) in [5.74, 6) is 1.58. The quantitative estimate of drug-likeness (QED) is 0.245. The molecule has 0 N–H and O–H groups in total. The van der Waals surface area contributed by atoms with Gasteiger partial charge in [-0.2, -0.15) is 0 Å². The number of rotatable bonds is 3. The molecule has 0 aliphatic carbocycles. The van der Waals surface area contributed by atoms with Crippen LogP contribution in [0.3, 0.4) is 0 Å². The van der Waals surface area contributed by atoms with Crippen LogP contribution in [-0.4, -0.2) is 0 Å². The van der Waals surface area contributed by atoms with Crippen LogP contribution in [0.15, 0.2) is 123 Å². The van der Waals surface area contributed by atoms with Crippen LogP contribution in [0.2, 0.25) is 5.02 Å². The minimum Gasteiger partial charge on any atom is -0.455 e. The molecule has 35 heavy (non-hydrogen) atoms. The Morgan fingerprint density at radius 1 is 0.657 bits per heavy atom. The van der Waals surface area contributed by atoms with Crippen LogP contribution in [0.4, 0.5) is 17.1 Å². The minimum atomic E-state index is 0.648. The summed E-state index contributed by atoms with van der Waals surface area (Å²) in [5.41, 5.74) is 4.52. The van der Waals surface area contributed by atoms with Crippen molar-refractivity contribution in [1.82, 2.24) is 0 Å². The number of fused-ring (bicyclic) bond motifs is 5. The Labute approximate surface area is 211 Å². The summed E-state index contributed by atoms with van der Waals surface area (Å²) in [6.07, 6.45) is 0. The summed E-state index contributed by atoms with van der Waals surface area (Å²) in [7, 11) is 0. The molecule has 0 unspecified atom stereocenters. The van der Waals surface area contributed by atoms with Crippen molar-refractivity contribution in [3.05, 3.63) is 114 Å². The second-order valence-corrected chi connectivity index (χ2v) is 9.79. The van der Waals surface area contributed by atoms with E-state index in [0.717, 1.165) is 60.3 Å². The first-order valence-electron chi connectivity index (χ1n) is 11.3. The summed E-state index contributed by atoms with van der Waals surface area (Å²) in [5, 5.41) is 2.82. The van der Waals surface area contributed by atoms with E-state index in [2.05, 4.69) is 47.4 Å². The summed E-state index contributed by atoms with van der Waals surface area (Å²) in [6, 6.07) is 36.7. The van der Waals surface area contributed by atoms with Gasteiger partial charge in [0.25, 0.3) is 0 Å². The van der Waals surface area contributed by atoms with Crippen molar-refractivity contribution in [2.45, 2.75) is 9.79 Å². The third kappa shape index (κ3) is 3.37. The largest absolute Gasteiger partial charge is 0.455 e. The first-order valence-corrected chi connectivity index (χ1v) is 12.5. The van der Waals surface area contributed by atoms with Crippen LogP contribution in [0.5, 0.6) is 11.5 Å². The lowest BCUT2D eigenvalue weighted by atomic mass is 10.1. The Morgan fingerprint density at radius 2 is 1.43 bits per heavy atom. The fraction of sp³-hybridized carbons (Fsp3) is 0. The van der Waals surface area contributed by atoms with Crippen LogP contribution in [0, 0.1) is 0 Å². The molecule has 7 rings (SSSR count). The number of halogens is 1. The van der Waals surface area contributed by atoms with Crippen molar-refractivity contribution in [1.29, 1.82) is 0 Å². The molecule has 3 nitrogen and oxygen atoms in total. The second kappa shape index (κ2) is 8.12. The van der Waals surface area contributed by atoms with Crippen molar-refractivity contribution >= 4 is 62.4 Å². The standard InChI is InChI=1S/C30H18ClNO2S/c31-23-17-20(18-27-30(23)35-28-16-7-6-15-26(28)33-27)32(19-9-2-1-3-10-19)24-13-8-12-22-21-11-4-5-14-25(21)34-29(22)24/h1-18H. The van der Waals surface area contributed by atoms with Gasteiger partial charge in [0.1, 0.15) is 17.1 Å². The molecule has 0 saturated heterocycles. The van der Waals surface area contributed by atoms with Gasteiger partial charge < -0.3 is 14.1 Å². The third-order valence-corrected chi connectivity index (χ3v) is 7.76. The van der Waals surface area contributed by atoms with Gasteiger partial charge >= 0.3 is 0 Å². The Bertz CT molecular complexity index is 1730. The van der Waals surface area contributed by atoms with E-state index in [-0.39, 0.29) is 0 Å². The van der Waals surface area contributed by atoms with Crippen LogP contribution in [0.1, 0.15) is 0 Å². The predicted molar refractivity (Wildman–Crippen MR) is 144 cm³/mol. The zero-order chi connectivity index (χ0) is 23.4. The molecule has 0 bridgehead atoms. The predicted octanol–water partition coefficient (Wildman–Crippen LogP) is 9.97. The molecule has 0 amide bonds. The van der Waals surface area contributed by atoms with Crippen molar-refractivity contribution in [2.75, 3.05) is 4.90 Å². The number of nitrogens with zero attached hydrogens (tertiary/aromatic N) is 1. The van der Waals surface area contributed by atoms with Crippen LogP contribution < -0.4 is 9.64 Å². The van der Waals surface area contributed by atoms with Crippen LogP contribution >= 0.6 is 23.4 Å². The number of para-hydroxylation sites is 4. The molecule has 1 aliphatic rings. The highest BCUT2D eigenvalue weighted by atomic mass is 35.5. The number of furan rings is 1. The Morgan fingerprint density at radius 3 is 2.34 bits per heavy atom. The van der Waals surface area contributed by atoms with Gasteiger partial charge in [0.15, 0.2) is 5.58 Å². The Hall–Kier alpha value is -3.86. The molecular weight excluding hydrogens is 474 g/mol. The molecule has 0 spiro atoms. The van der Waals surface area contributed by atoms with Crippen LogP contribution in [0.25, 0.3) is 21.9 Å². The first kappa shape index (κ1) is 20.5. The molecule has 0 saturated carbocycles. The third-order valence-electron chi connectivity index (χ3n) is 6.17. The fourth-order valence-electron chi connectivity index (χ4n) is 4.62. The van der Waals surface area contributed by atoms with Gasteiger partial charge in [0.2, 0.25) is 0 Å². The Balaban J connectivity index is 1.45. The summed E-state index contributed by atoms with van der Waals surface area (Å²) in [6.45, 7) is 0. The topological polar surface area (TPSA) is 25.6 Å². The lowest BCUT2D eigenvalue weighted by Crippen LogP contribution is -2.11. The minimum absolute atomic E-state index is 0.648. The average molecular weight is 492 g/mol. The average Bonchev–Trinajstić information content (AvgIpc) is 3.28. The summed E-state index contributed by atoms with van der Waals surface area (Å²) >= 11 is 8.50. The van der Waals surface area contributed by atoms with Crippen LogP contribution in [-0.2, 0) is 0 Å². The highest BCUT2D eigenvalue weighted by molar-refractivity contribution is 7.99. The van der Waals surface area contributed by atoms with Crippen molar-refractivity contribution in [2.24, 2.45) is 0 Å². The lowest BCUT2D eigenvalue weighted by molar-refractivity contribution is 0.455. The molecule has 6 aromatic rings. The lowest BCUT2D eigenvalue weighted by Gasteiger charge is -2.28. The van der Waals surface area contributed by atoms with Gasteiger partial charge in [-0.15, -0.1) is 0 Å². The van der Waals surface area contributed by atoms with Gasteiger partial charge in [-0.3, -0.25) is 0 Å². The van der Waals surface area contributed by atoms with E-state index < -0.39 is 0 Å².